The summed E-state index contributed by atoms with van der Waals surface area (Å²) in [5, 5.41) is 6.30. The number of carbonyl (C=O) groups excluding carboxylic acids is 1. The largest absolute Gasteiger partial charge is 0.351 e. The minimum Gasteiger partial charge on any atom is -0.351 e. The van der Waals surface area contributed by atoms with Gasteiger partial charge in [0.15, 0.2) is 0 Å². The van der Waals surface area contributed by atoms with Crippen LogP contribution in [-0.2, 0) is 0 Å². The lowest BCUT2D eigenvalue weighted by atomic mass is 10.3. The standard InChI is InChI=1S/C10H8BrN3O2/c1-6-5-8(16-14-6)10(15)13-7-3-2-4-12-9(7)11/h2-5H,1H3,(H,13,15). The molecular formula is C10H8BrN3O2. The van der Waals surface area contributed by atoms with Gasteiger partial charge in [0.2, 0.25) is 5.76 Å². The fourth-order valence-electron chi connectivity index (χ4n) is 1.13. The van der Waals surface area contributed by atoms with E-state index in [4.69, 9.17) is 4.52 Å². The van der Waals surface area contributed by atoms with Crippen molar-refractivity contribution in [2.75, 3.05) is 5.32 Å². The molecule has 0 saturated heterocycles. The van der Waals surface area contributed by atoms with Crippen LogP contribution in [0.3, 0.4) is 0 Å². The van der Waals surface area contributed by atoms with Crippen molar-refractivity contribution in [2.24, 2.45) is 0 Å². The third-order valence-corrected chi connectivity index (χ3v) is 2.49. The highest BCUT2D eigenvalue weighted by Gasteiger charge is 2.12. The number of nitrogens with one attached hydrogen (secondary N) is 1. The zero-order valence-electron chi connectivity index (χ0n) is 8.40. The molecule has 0 aromatic carbocycles. The van der Waals surface area contributed by atoms with Crippen LogP contribution < -0.4 is 5.32 Å². The average molecular weight is 282 g/mol. The molecule has 2 aromatic rings. The quantitative estimate of drug-likeness (QED) is 0.859. The maximum atomic E-state index is 11.7. The van der Waals surface area contributed by atoms with E-state index in [0.717, 1.165) is 0 Å². The van der Waals surface area contributed by atoms with Gasteiger partial charge in [-0.15, -0.1) is 0 Å². The van der Waals surface area contributed by atoms with Gasteiger partial charge in [-0.25, -0.2) is 4.98 Å². The second kappa shape index (κ2) is 4.44. The zero-order chi connectivity index (χ0) is 11.5. The van der Waals surface area contributed by atoms with Crippen molar-refractivity contribution in [2.45, 2.75) is 6.92 Å². The lowest BCUT2D eigenvalue weighted by Gasteiger charge is -2.03. The predicted octanol–water partition coefficient (Wildman–Crippen LogP) is 2.39. The van der Waals surface area contributed by atoms with Gasteiger partial charge in [0.05, 0.1) is 11.4 Å². The molecule has 1 N–H and O–H groups in total. The third-order valence-electron chi connectivity index (χ3n) is 1.86. The summed E-state index contributed by atoms with van der Waals surface area (Å²) in [7, 11) is 0. The second-order valence-electron chi connectivity index (χ2n) is 3.13. The van der Waals surface area contributed by atoms with E-state index in [1.54, 1.807) is 31.3 Å². The van der Waals surface area contributed by atoms with Crippen molar-refractivity contribution in [3.63, 3.8) is 0 Å². The number of amides is 1. The van der Waals surface area contributed by atoms with E-state index in [1.165, 1.54) is 0 Å². The van der Waals surface area contributed by atoms with Gasteiger partial charge in [0, 0.05) is 12.3 Å². The van der Waals surface area contributed by atoms with Crippen LogP contribution in [0, 0.1) is 6.92 Å². The first kappa shape index (κ1) is 10.8. The first-order valence-electron chi connectivity index (χ1n) is 4.52. The molecule has 0 spiro atoms. The summed E-state index contributed by atoms with van der Waals surface area (Å²) < 4.78 is 5.41. The fourth-order valence-corrected chi connectivity index (χ4v) is 1.48. The molecule has 5 nitrogen and oxygen atoms in total. The lowest BCUT2D eigenvalue weighted by molar-refractivity contribution is 0.0988. The van der Waals surface area contributed by atoms with E-state index in [2.05, 4.69) is 31.4 Å². The summed E-state index contributed by atoms with van der Waals surface area (Å²) in [5.41, 5.74) is 1.25. The van der Waals surface area contributed by atoms with Crippen LogP contribution in [0.1, 0.15) is 16.2 Å². The molecule has 0 radical (unpaired) electrons. The topological polar surface area (TPSA) is 68.0 Å². The van der Waals surface area contributed by atoms with E-state index in [0.29, 0.717) is 16.0 Å². The Bertz CT molecular complexity index is 524. The highest BCUT2D eigenvalue weighted by atomic mass is 79.9. The van der Waals surface area contributed by atoms with Gasteiger partial charge in [-0.3, -0.25) is 4.79 Å². The molecule has 0 unspecified atom stereocenters. The number of aryl methyl sites for hydroxylation is 1. The van der Waals surface area contributed by atoms with Gasteiger partial charge < -0.3 is 9.84 Å². The Morgan fingerprint density at radius 1 is 1.56 bits per heavy atom. The van der Waals surface area contributed by atoms with Crippen LogP contribution in [0.15, 0.2) is 33.5 Å². The average Bonchev–Trinajstić information content (AvgIpc) is 2.68. The second-order valence-corrected chi connectivity index (χ2v) is 3.88. The summed E-state index contributed by atoms with van der Waals surface area (Å²) >= 11 is 3.23. The molecule has 2 rings (SSSR count). The minimum atomic E-state index is -0.352. The van der Waals surface area contributed by atoms with Crippen molar-refractivity contribution < 1.29 is 9.32 Å². The first-order valence-corrected chi connectivity index (χ1v) is 5.31. The van der Waals surface area contributed by atoms with Gasteiger partial charge in [0.25, 0.3) is 5.91 Å². The summed E-state index contributed by atoms with van der Waals surface area (Å²) in [5.74, 6) is -0.178. The number of carbonyl (C=O) groups is 1. The molecule has 0 aliphatic rings. The maximum Gasteiger partial charge on any atom is 0.294 e. The zero-order valence-corrected chi connectivity index (χ0v) is 9.98. The maximum absolute atomic E-state index is 11.7. The molecule has 6 heteroatoms. The van der Waals surface area contributed by atoms with Crippen molar-refractivity contribution >= 4 is 27.5 Å². The van der Waals surface area contributed by atoms with Crippen molar-refractivity contribution in [1.29, 1.82) is 0 Å². The number of hydrogen-bond acceptors (Lipinski definition) is 4. The Labute approximate surface area is 100.0 Å². The van der Waals surface area contributed by atoms with Gasteiger partial charge in [-0.2, -0.15) is 0 Å². The third kappa shape index (κ3) is 2.27. The monoisotopic (exact) mass is 281 g/mol. The Morgan fingerprint density at radius 2 is 2.38 bits per heavy atom. The summed E-state index contributed by atoms with van der Waals surface area (Å²) in [6.07, 6.45) is 1.62. The highest BCUT2D eigenvalue weighted by Crippen LogP contribution is 2.19. The molecule has 0 aliphatic heterocycles. The molecular weight excluding hydrogens is 274 g/mol. The van der Waals surface area contributed by atoms with E-state index < -0.39 is 0 Å². The predicted molar refractivity (Wildman–Crippen MR) is 61.1 cm³/mol. The van der Waals surface area contributed by atoms with Crippen molar-refractivity contribution in [3.8, 4) is 0 Å². The van der Waals surface area contributed by atoms with Gasteiger partial charge in [-0.1, -0.05) is 5.16 Å². The molecule has 0 bridgehead atoms. The molecule has 0 fully saturated rings. The molecule has 16 heavy (non-hydrogen) atoms. The van der Waals surface area contributed by atoms with Crippen LogP contribution in [0.5, 0.6) is 0 Å². The van der Waals surface area contributed by atoms with Crippen LogP contribution >= 0.6 is 15.9 Å². The summed E-state index contributed by atoms with van der Waals surface area (Å²) in [6, 6.07) is 5.03. The van der Waals surface area contributed by atoms with Gasteiger partial charge in [-0.05, 0) is 35.0 Å². The number of anilines is 1. The van der Waals surface area contributed by atoms with Gasteiger partial charge >= 0.3 is 0 Å². The smallest absolute Gasteiger partial charge is 0.294 e. The van der Waals surface area contributed by atoms with E-state index in [9.17, 15) is 4.79 Å². The Hall–Kier alpha value is -1.69. The van der Waals surface area contributed by atoms with Crippen LogP contribution in [-0.4, -0.2) is 16.0 Å². The normalized spacial score (nSPS) is 10.1. The first-order chi connectivity index (χ1) is 7.66. The Kier molecular flexibility index (Phi) is 3.00. The molecule has 82 valence electrons. The van der Waals surface area contributed by atoms with Crippen molar-refractivity contribution in [3.05, 3.63) is 40.5 Å². The number of rotatable bonds is 2. The number of aromatic nitrogens is 2. The molecule has 2 heterocycles. The van der Waals surface area contributed by atoms with Gasteiger partial charge in [0.1, 0.15) is 4.60 Å². The molecule has 0 atom stereocenters. The SMILES string of the molecule is Cc1cc(C(=O)Nc2cccnc2Br)on1. The van der Waals surface area contributed by atoms with Crippen LogP contribution in [0.4, 0.5) is 5.69 Å². The van der Waals surface area contributed by atoms with Crippen LogP contribution in [0.25, 0.3) is 0 Å². The number of nitrogens with zero attached hydrogens (tertiary/aromatic N) is 2. The number of halogens is 1. The van der Waals surface area contributed by atoms with Crippen LogP contribution in [0.2, 0.25) is 0 Å². The van der Waals surface area contributed by atoms with Crippen molar-refractivity contribution in [1.82, 2.24) is 10.1 Å². The Morgan fingerprint density at radius 3 is 3.00 bits per heavy atom. The molecule has 1 amide bonds. The van der Waals surface area contributed by atoms with E-state index in [1.807, 2.05) is 0 Å². The number of pyridine rings is 1. The summed E-state index contributed by atoms with van der Waals surface area (Å²) in [4.78, 5) is 15.7. The lowest BCUT2D eigenvalue weighted by Crippen LogP contribution is -2.11. The Balaban J connectivity index is 2.17. The van der Waals surface area contributed by atoms with E-state index >= 15 is 0 Å². The fraction of sp³-hybridized carbons (Fsp3) is 0.100. The highest BCUT2D eigenvalue weighted by molar-refractivity contribution is 9.10. The summed E-state index contributed by atoms with van der Waals surface area (Å²) in [6.45, 7) is 1.75. The van der Waals surface area contributed by atoms with E-state index in [-0.39, 0.29) is 11.7 Å². The molecule has 0 aliphatic carbocycles. The number of hydrogen-bond donors (Lipinski definition) is 1. The molecule has 0 saturated carbocycles. The molecule has 2 aromatic heterocycles. The minimum absolute atomic E-state index is 0.174.